The van der Waals surface area contributed by atoms with Crippen molar-refractivity contribution >= 4 is 11.7 Å². The smallest absolute Gasteiger partial charge is 0.390 e. The summed E-state index contributed by atoms with van der Waals surface area (Å²) in [4.78, 5) is 20.8. The number of aromatic nitrogens is 1. The lowest BCUT2D eigenvalue weighted by molar-refractivity contribution is -0.162. The van der Waals surface area contributed by atoms with Crippen LogP contribution in [0, 0.1) is 23.7 Å². The Bertz CT molecular complexity index is 884. The van der Waals surface area contributed by atoms with Crippen molar-refractivity contribution in [2.45, 2.75) is 62.8 Å². The molecule has 1 aliphatic heterocycles. The minimum Gasteiger partial charge on any atom is -0.390 e. The quantitative estimate of drug-likeness (QED) is 0.697. The van der Waals surface area contributed by atoms with Gasteiger partial charge in [0, 0.05) is 32.4 Å². The van der Waals surface area contributed by atoms with Crippen LogP contribution >= 0.6 is 0 Å². The van der Waals surface area contributed by atoms with Crippen molar-refractivity contribution in [3.8, 4) is 0 Å². The van der Waals surface area contributed by atoms with E-state index in [0.29, 0.717) is 62.1 Å². The Kier molecular flexibility index (Phi) is 5.44. The highest BCUT2D eigenvalue weighted by atomic mass is 19.4. The SMILES string of the molecule is CC(CC1C2CC3CC1CC(O)(C3)C2)(C(N)=O)N1CCN(c2ccc(C(F)(F)F)cn2)CC1. The van der Waals surface area contributed by atoms with Crippen LogP contribution in [0.3, 0.4) is 0 Å². The summed E-state index contributed by atoms with van der Waals surface area (Å²) in [6.45, 7) is 4.27. The number of piperazine rings is 1. The number of aliphatic hydroxyl groups is 1. The molecule has 4 saturated carbocycles. The first kappa shape index (κ1) is 22.9. The molecule has 0 radical (unpaired) electrons. The molecule has 4 aliphatic carbocycles. The lowest BCUT2D eigenvalue weighted by atomic mass is 9.49. The number of alkyl halides is 3. The molecule has 33 heavy (non-hydrogen) atoms. The number of hydrogen-bond donors (Lipinski definition) is 2. The molecule has 0 aromatic carbocycles. The van der Waals surface area contributed by atoms with Crippen LogP contribution in [0.5, 0.6) is 0 Å². The van der Waals surface area contributed by atoms with E-state index in [0.717, 1.165) is 44.4 Å². The van der Waals surface area contributed by atoms with Crippen molar-refractivity contribution in [2.75, 3.05) is 31.1 Å². The zero-order chi connectivity index (χ0) is 23.6. The van der Waals surface area contributed by atoms with Gasteiger partial charge in [0.05, 0.1) is 16.7 Å². The van der Waals surface area contributed by atoms with E-state index >= 15 is 0 Å². The lowest BCUT2D eigenvalue weighted by Crippen LogP contribution is -2.64. The molecule has 3 unspecified atom stereocenters. The van der Waals surface area contributed by atoms with Gasteiger partial charge < -0.3 is 15.7 Å². The molecule has 3 N–H and O–H groups in total. The summed E-state index contributed by atoms with van der Waals surface area (Å²) in [5.74, 6) is 2.11. The van der Waals surface area contributed by atoms with Crippen LogP contribution in [0.15, 0.2) is 18.3 Å². The van der Waals surface area contributed by atoms with Gasteiger partial charge in [-0.2, -0.15) is 13.2 Å². The second kappa shape index (κ2) is 7.83. The van der Waals surface area contributed by atoms with E-state index in [1.165, 1.54) is 6.07 Å². The Hall–Kier alpha value is -1.87. The Labute approximate surface area is 192 Å². The average molecular weight is 467 g/mol. The summed E-state index contributed by atoms with van der Waals surface area (Å²) in [7, 11) is 0. The molecule has 1 saturated heterocycles. The molecule has 1 aromatic heterocycles. The number of nitrogens with zero attached hydrogens (tertiary/aromatic N) is 3. The van der Waals surface area contributed by atoms with E-state index in [1.807, 2.05) is 11.8 Å². The van der Waals surface area contributed by atoms with E-state index in [2.05, 4.69) is 9.88 Å². The molecule has 2 heterocycles. The maximum absolute atomic E-state index is 12.8. The Morgan fingerprint density at radius 3 is 2.27 bits per heavy atom. The van der Waals surface area contributed by atoms with Crippen LogP contribution in [0.4, 0.5) is 19.0 Å². The van der Waals surface area contributed by atoms with E-state index in [1.54, 1.807) is 0 Å². The van der Waals surface area contributed by atoms with Crippen molar-refractivity contribution in [2.24, 2.45) is 29.4 Å². The Morgan fingerprint density at radius 2 is 1.79 bits per heavy atom. The molecule has 6 nitrogen and oxygen atoms in total. The number of carbonyl (C=O) groups is 1. The largest absolute Gasteiger partial charge is 0.417 e. The van der Waals surface area contributed by atoms with Crippen molar-refractivity contribution in [1.29, 1.82) is 0 Å². The van der Waals surface area contributed by atoms with Gasteiger partial charge in [-0.1, -0.05) is 0 Å². The van der Waals surface area contributed by atoms with Gasteiger partial charge in [0.15, 0.2) is 0 Å². The van der Waals surface area contributed by atoms with Crippen LogP contribution in [0.25, 0.3) is 0 Å². The molecule has 5 aliphatic rings. The second-order valence-corrected chi connectivity index (χ2v) is 11.1. The second-order valence-electron chi connectivity index (χ2n) is 11.1. The van der Waals surface area contributed by atoms with Crippen LogP contribution in [-0.4, -0.2) is 58.2 Å². The first-order valence-electron chi connectivity index (χ1n) is 12.0. The van der Waals surface area contributed by atoms with Gasteiger partial charge in [-0.15, -0.1) is 0 Å². The fourth-order valence-electron chi connectivity index (χ4n) is 7.43. The van der Waals surface area contributed by atoms with Gasteiger partial charge in [-0.05, 0) is 81.3 Å². The minimum atomic E-state index is -4.40. The number of primary amides is 1. The molecule has 182 valence electrons. The number of carbonyl (C=O) groups excluding carboxylic acids is 1. The Balaban J connectivity index is 1.26. The molecule has 4 bridgehead atoms. The first-order chi connectivity index (χ1) is 15.5. The van der Waals surface area contributed by atoms with Crippen molar-refractivity contribution in [1.82, 2.24) is 9.88 Å². The minimum absolute atomic E-state index is 0.323. The van der Waals surface area contributed by atoms with Gasteiger partial charge in [0.25, 0.3) is 0 Å². The molecule has 1 amide bonds. The topological polar surface area (TPSA) is 82.7 Å². The first-order valence-corrected chi connectivity index (χ1v) is 12.0. The molecule has 6 rings (SSSR count). The number of amides is 1. The van der Waals surface area contributed by atoms with Crippen LogP contribution in [0.2, 0.25) is 0 Å². The van der Waals surface area contributed by atoms with Crippen LogP contribution in [-0.2, 0) is 11.0 Å². The van der Waals surface area contributed by atoms with E-state index in [4.69, 9.17) is 5.73 Å². The molecule has 0 spiro atoms. The van der Waals surface area contributed by atoms with Gasteiger partial charge in [0.1, 0.15) is 5.82 Å². The molecular weight excluding hydrogens is 433 g/mol. The summed E-state index contributed by atoms with van der Waals surface area (Å²) in [5.41, 5.74) is 3.94. The third-order valence-electron chi connectivity index (χ3n) is 8.98. The average Bonchev–Trinajstić information content (AvgIpc) is 2.74. The van der Waals surface area contributed by atoms with Crippen molar-refractivity contribution in [3.63, 3.8) is 0 Å². The number of anilines is 1. The predicted octanol–water partition coefficient (Wildman–Crippen LogP) is 3.04. The van der Waals surface area contributed by atoms with Gasteiger partial charge in [-0.25, -0.2) is 4.98 Å². The fraction of sp³-hybridized carbons (Fsp3) is 0.750. The van der Waals surface area contributed by atoms with Gasteiger partial charge in [-0.3, -0.25) is 9.69 Å². The summed E-state index contributed by atoms with van der Waals surface area (Å²) in [5, 5.41) is 10.9. The number of halogens is 3. The van der Waals surface area contributed by atoms with Gasteiger partial charge >= 0.3 is 6.18 Å². The highest BCUT2D eigenvalue weighted by molar-refractivity contribution is 5.84. The predicted molar refractivity (Wildman–Crippen MR) is 117 cm³/mol. The van der Waals surface area contributed by atoms with Crippen molar-refractivity contribution < 1.29 is 23.1 Å². The van der Waals surface area contributed by atoms with E-state index in [-0.39, 0.29) is 5.91 Å². The molecule has 9 heteroatoms. The monoisotopic (exact) mass is 466 g/mol. The third-order valence-corrected chi connectivity index (χ3v) is 8.98. The zero-order valence-corrected chi connectivity index (χ0v) is 19.0. The summed E-state index contributed by atoms with van der Waals surface area (Å²) in [6.07, 6.45) is 2.08. The normalized spacial score (nSPS) is 36.1. The third kappa shape index (κ3) is 4.11. The van der Waals surface area contributed by atoms with E-state index < -0.39 is 22.9 Å². The number of hydrogen-bond acceptors (Lipinski definition) is 5. The van der Waals surface area contributed by atoms with Crippen molar-refractivity contribution in [3.05, 3.63) is 23.9 Å². The van der Waals surface area contributed by atoms with Gasteiger partial charge in [0.2, 0.25) is 5.91 Å². The molecule has 1 aromatic rings. The number of nitrogens with two attached hydrogens (primary N) is 1. The summed E-state index contributed by atoms with van der Waals surface area (Å²) < 4.78 is 38.5. The highest BCUT2D eigenvalue weighted by Crippen LogP contribution is 2.60. The standard InChI is InChI=1S/C24H33F3N4O2/c1-22(21(28)32,13-19-16-8-15-9-17(19)12-23(33,10-15)11-16)31-6-4-30(5-7-31)20-3-2-18(14-29-20)24(25,26)27/h2-3,14-17,19,33H,4-13H2,1H3,(H2,28,32). The van der Waals surface area contributed by atoms with Crippen LogP contribution in [0.1, 0.15) is 51.0 Å². The lowest BCUT2D eigenvalue weighted by Gasteiger charge is -2.59. The molecular formula is C24H33F3N4O2. The fourth-order valence-corrected chi connectivity index (χ4v) is 7.43. The summed E-state index contributed by atoms with van der Waals surface area (Å²) in [6, 6.07) is 2.47. The zero-order valence-electron chi connectivity index (χ0n) is 19.0. The number of pyridine rings is 1. The Morgan fingerprint density at radius 1 is 1.15 bits per heavy atom. The van der Waals surface area contributed by atoms with Crippen LogP contribution < -0.4 is 10.6 Å². The molecule has 5 fully saturated rings. The highest BCUT2D eigenvalue weighted by Gasteiger charge is 2.56. The van der Waals surface area contributed by atoms with E-state index in [9.17, 15) is 23.1 Å². The molecule has 3 atom stereocenters. The summed E-state index contributed by atoms with van der Waals surface area (Å²) >= 11 is 0. The number of rotatable bonds is 5. The maximum Gasteiger partial charge on any atom is 0.417 e. The maximum atomic E-state index is 12.8.